The lowest BCUT2D eigenvalue weighted by atomic mass is 9.94. The van der Waals surface area contributed by atoms with Crippen LogP contribution in [0.15, 0.2) is 30.3 Å². The standard InChI is InChI=1S/C18H28N2S/c1-21-18-9-5-8-16(12-18)19-17-10-11-20(14-17)13-15-6-3-2-4-7-15/h2-4,6-7,16-19H,5,8-14H2,1H3. The number of nitrogens with zero attached hydrogens (tertiary/aromatic N) is 1. The third kappa shape index (κ3) is 4.48. The highest BCUT2D eigenvalue weighted by molar-refractivity contribution is 7.99. The van der Waals surface area contributed by atoms with Crippen LogP contribution >= 0.6 is 11.8 Å². The van der Waals surface area contributed by atoms with Crippen molar-refractivity contribution in [2.45, 2.75) is 56.0 Å². The van der Waals surface area contributed by atoms with Gasteiger partial charge >= 0.3 is 0 Å². The molecule has 1 N–H and O–H groups in total. The Labute approximate surface area is 133 Å². The largest absolute Gasteiger partial charge is 0.310 e. The zero-order valence-electron chi connectivity index (χ0n) is 13.1. The highest BCUT2D eigenvalue weighted by Crippen LogP contribution is 2.27. The molecule has 1 saturated heterocycles. The summed E-state index contributed by atoms with van der Waals surface area (Å²) in [6.07, 6.45) is 9.16. The van der Waals surface area contributed by atoms with Gasteiger partial charge in [0.25, 0.3) is 0 Å². The molecular formula is C18H28N2S. The second-order valence-corrected chi connectivity index (χ2v) is 7.73. The Morgan fingerprint density at radius 1 is 1.14 bits per heavy atom. The molecule has 2 nitrogen and oxygen atoms in total. The van der Waals surface area contributed by atoms with Crippen LogP contribution in [0.25, 0.3) is 0 Å². The number of nitrogens with one attached hydrogen (secondary N) is 1. The lowest BCUT2D eigenvalue weighted by Gasteiger charge is -2.31. The summed E-state index contributed by atoms with van der Waals surface area (Å²) in [6, 6.07) is 12.3. The molecule has 116 valence electrons. The third-order valence-corrected chi connectivity index (χ3v) is 6.05. The van der Waals surface area contributed by atoms with E-state index in [1.165, 1.54) is 50.8 Å². The molecule has 3 unspecified atom stereocenters. The number of hydrogen-bond acceptors (Lipinski definition) is 3. The van der Waals surface area contributed by atoms with E-state index in [0.29, 0.717) is 6.04 Å². The highest BCUT2D eigenvalue weighted by atomic mass is 32.2. The van der Waals surface area contributed by atoms with Crippen molar-refractivity contribution < 1.29 is 0 Å². The lowest BCUT2D eigenvalue weighted by Crippen LogP contribution is -2.43. The average Bonchev–Trinajstić information content (AvgIpc) is 2.95. The van der Waals surface area contributed by atoms with Gasteiger partial charge in [0.15, 0.2) is 0 Å². The summed E-state index contributed by atoms with van der Waals surface area (Å²) in [7, 11) is 0. The van der Waals surface area contributed by atoms with Crippen molar-refractivity contribution in [2.24, 2.45) is 0 Å². The van der Waals surface area contributed by atoms with E-state index in [-0.39, 0.29) is 0 Å². The molecule has 1 aliphatic heterocycles. The van der Waals surface area contributed by atoms with Gasteiger partial charge in [0.05, 0.1) is 0 Å². The molecule has 2 fully saturated rings. The highest BCUT2D eigenvalue weighted by Gasteiger charge is 2.27. The van der Waals surface area contributed by atoms with Crippen LogP contribution in [0.3, 0.4) is 0 Å². The monoisotopic (exact) mass is 304 g/mol. The van der Waals surface area contributed by atoms with Crippen LogP contribution in [-0.2, 0) is 6.54 Å². The molecule has 0 radical (unpaired) electrons. The number of likely N-dealkylation sites (tertiary alicyclic amines) is 1. The van der Waals surface area contributed by atoms with Crippen LogP contribution in [0, 0.1) is 0 Å². The minimum Gasteiger partial charge on any atom is -0.310 e. The van der Waals surface area contributed by atoms with Gasteiger partial charge in [0.1, 0.15) is 0 Å². The first-order chi connectivity index (χ1) is 10.3. The van der Waals surface area contributed by atoms with E-state index >= 15 is 0 Å². The van der Waals surface area contributed by atoms with Crippen LogP contribution in [0.4, 0.5) is 0 Å². The Kier molecular flexibility index (Phi) is 5.61. The van der Waals surface area contributed by atoms with E-state index in [9.17, 15) is 0 Å². The fourth-order valence-electron chi connectivity index (χ4n) is 3.80. The molecule has 1 aromatic carbocycles. The van der Waals surface area contributed by atoms with Gasteiger partial charge in [-0.1, -0.05) is 36.8 Å². The van der Waals surface area contributed by atoms with Crippen LogP contribution in [-0.4, -0.2) is 41.6 Å². The van der Waals surface area contributed by atoms with Crippen molar-refractivity contribution in [3.63, 3.8) is 0 Å². The number of rotatable bonds is 5. The van der Waals surface area contributed by atoms with Crippen molar-refractivity contribution in [1.82, 2.24) is 10.2 Å². The molecule has 3 heteroatoms. The van der Waals surface area contributed by atoms with E-state index in [4.69, 9.17) is 0 Å². The van der Waals surface area contributed by atoms with Crippen LogP contribution < -0.4 is 5.32 Å². The summed E-state index contributed by atoms with van der Waals surface area (Å²) in [6.45, 7) is 3.57. The average molecular weight is 305 g/mol. The first-order valence-electron chi connectivity index (χ1n) is 8.38. The van der Waals surface area contributed by atoms with Gasteiger partial charge in [-0.05, 0) is 37.5 Å². The summed E-state index contributed by atoms with van der Waals surface area (Å²) in [4.78, 5) is 2.60. The molecule has 1 saturated carbocycles. The van der Waals surface area contributed by atoms with E-state index in [1.54, 1.807) is 0 Å². The smallest absolute Gasteiger partial charge is 0.0234 e. The van der Waals surface area contributed by atoms with Crippen molar-refractivity contribution in [3.05, 3.63) is 35.9 Å². The van der Waals surface area contributed by atoms with Crippen LogP contribution in [0.5, 0.6) is 0 Å². The molecule has 1 aromatic rings. The Bertz CT molecular complexity index is 422. The molecular weight excluding hydrogens is 276 g/mol. The molecule has 0 spiro atoms. The number of hydrogen-bond donors (Lipinski definition) is 1. The quantitative estimate of drug-likeness (QED) is 0.896. The summed E-state index contributed by atoms with van der Waals surface area (Å²) in [5.41, 5.74) is 1.44. The minimum atomic E-state index is 0.708. The van der Waals surface area contributed by atoms with Gasteiger partial charge in [0, 0.05) is 37.0 Å². The molecule has 0 amide bonds. The zero-order chi connectivity index (χ0) is 14.5. The molecule has 1 heterocycles. The molecule has 21 heavy (non-hydrogen) atoms. The molecule has 2 aliphatic rings. The second-order valence-electron chi connectivity index (χ2n) is 6.59. The molecule has 0 bridgehead atoms. The molecule has 0 aromatic heterocycles. The van der Waals surface area contributed by atoms with Gasteiger partial charge in [-0.2, -0.15) is 11.8 Å². The number of thioether (sulfide) groups is 1. The Hall–Kier alpha value is -0.510. The molecule has 1 aliphatic carbocycles. The SMILES string of the molecule is CSC1CCCC(NC2CCN(Cc3ccccc3)C2)C1. The summed E-state index contributed by atoms with van der Waals surface area (Å²) in [5.74, 6) is 0. The maximum absolute atomic E-state index is 3.94. The zero-order valence-corrected chi connectivity index (χ0v) is 13.9. The van der Waals surface area contributed by atoms with Crippen molar-refractivity contribution in [2.75, 3.05) is 19.3 Å². The first kappa shape index (κ1) is 15.4. The predicted molar refractivity (Wildman–Crippen MR) is 92.8 cm³/mol. The summed E-state index contributed by atoms with van der Waals surface area (Å²) in [5, 5.41) is 4.83. The van der Waals surface area contributed by atoms with Gasteiger partial charge in [-0.25, -0.2) is 0 Å². The third-order valence-electron chi connectivity index (χ3n) is 4.95. The van der Waals surface area contributed by atoms with Crippen LogP contribution in [0.1, 0.15) is 37.7 Å². The summed E-state index contributed by atoms with van der Waals surface area (Å²) < 4.78 is 0. The second kappa shape index (κ2) is 7.66. The van der Waals surface area contributed by atoms with Gasteiger partial charge < -0.3 is 5.32 Å². The van der Waals surface area contributed by atoms with E-state index in [1.807, 2.05) is 0 Å². The van der Waals surface area contributed by atoms with Crippen LogP contribution in [0.2, 0.25) is 0 Å². The summed E-state index contributed by atoms with van der Waals surface area (Å²) >= 11 is 2.06. The van der Waals surface area contributed by atoms with E-state index < -0.39 is 0 Å². The predicted octanol–water partition coefficient (Wildman–Crippen LogP) is 3.52. The first-order valence-corrected chi connectivity index (χ1v) is 9.67. The molecule has 3 rings (SSSR count). The van der Waals surface area contributed by atoms with Gasteiger partial charge in [-0.3, -0.25) is 4.90 Å². The number of benzene rings is 1. The van der Waals surface area contributed by atoms with Gasteiger partial charge in [0.2, 0.25) is 0 Å². The minimum absolute atomic E-state index is 0.708. The Morgan fingerprint density at radius 3 is 2.81 bits per heavy atom. The van der Waals surface area contributed by atoms with Crippen molar-refractivity contribution >= 4 is 11.8 Å². The van der Waals surface area contributed by atoms with Crippen molar-refractivity contribution in [1.29, 1.82) is 0 Å². The fraction of sp³-hybridized carbons (Fsp3) is 0.667. The van der Waals surface area contributed by atoms with Crippen molar-refractivity contribution in [3.8, 4) is 0 Å². The maximum Gasteiger partial charge on any atom is 0.0234 e. The Balaban J connectivity index is 1.44. The molecule has 3 atom stereocenters. The van der Waals surface area contributed by atoms with Gasteiger partial charge in [-0.15, -0.1) is 0 Å². The fourth-order valence-corrected chi connectivity index (χ4v) is 4.62. The van der Waals surface area contributed by atoms with E-state index in [0.717, 1.165) is 17.8 Å². The van der Waals surface area contributed by atoms with E-state index in [2.05, 4.69) is 58.6 Å². The maximum atomic E-state index is 3.94. The normalized spacial score (nSPS) is 30.6. The Morgan fingerprint density at radius 2 is 2.00 bits per heavy atom. The topological polar surface area (TPSA) is 15.3 Å². The lowest BCUT2D eigenvalue weighted by molar-refractivity contribution is 0.300.